The number of fused-ring (bicyclic) bond motifs is 1. The molecule has 0 radical (unpaired) electrons. The van der Waals surface area contributed by atoms with Gasteiger partial charge in [-0.1, -0.05) is 12.1 Å². The molecule has 1 aromatic carbocycles. The Morgan fingerprint density at radius 1 is 1.19 bits per heavy atom. The summed E-state index contributed by atoms with van der Waals surface area (Å²) in [6.45, 7) is 0. The third-order valence-electron chi connectivity index (χ3n) is 3.92. The Morgan fingerprint density at radius 2 is 2.05 bits per heavy atom. The second-order valence-electron chi connectivity index (χ2n) is 5.45. The first kappa shape index (κ1) is 12.3. The Hall–Kier alpha value is -2.49. The number of benzene rings is 1. The van der Waals surface area contributed by atoms with Gasteiger partial charge in [-0.15, -0.1) is 0 Å². The molecule has 21 heavy (non-hydrogen) atoms. The number of carbonyl (C=O) groups excluding carboxylic acids is 1. The second kappa shape index (κ2) is 4.81. The van der Waals surface area contributed by atoms with Crippen LogP contribution in [0.3, 0.4) is 0 Å². The number of anilines is 1. The fourth-order valence-corrected chi connectivity index (χ4v) is 2.75. The number of para-hydroxylation sites is 1. The molecule has 4 nitrogen and oxygen atoms in total. The molecule has 1 fully saturated rings. The Bertz CT molecular complexity index is 687. The Labute approximate surface area is 123 Å². The summed E-state index contributed by atoms with van der Waals surface area (Å²) in [4.78, 5) is 14.6. The summed E-state index contributed by atoms with van der Waals surface area (Å²) < 4.78 is 5.31. The molecule has 2 heterocycles. The molecule has 1 saturated carbocycles. The summed E-state index contributed by atoms with van der Waals surface area (Å²) in [6.07, 6.45) is 7.60. The van der Waals surface area contributed by atoms with Crippen molar-refractivity contribution in [3.8, 4) is 0 Å². The average molecular weight is 280 g/mol. The molecule has 1 atom stereocenters. The van der Waals surface area contributed by atoms with Gasteiger partial charge < -0.3 is 14.6 Å². The highest BCUT2D eigenvalue weighted by Gasteiger charge is 2.40. The molecular weight excluding hydrogens is 264 g/mol. The number of carbonyl (C=O) groups is 1. The van der Waals surface area contributed by atoms with Crippen molar-refractivity contribution in [2.75, 3.05) is 5.32 Å². The fraction of sp³-hybridized carbons (Fsp3) is 0.235. The first-order valence-corrected chi connectivity index (χ1v) is 7.23. The summed E-state index contributed by atoms with van der Waals surface area (Å²) in [7, 11) is 0. The van der Waals surface area contributed by atoms with Gasteiger partial charge in [0.05, 0.1) is 11.8 Å². The van der Waals surface area contributed by atoms with Crippen LogP contribution in [0, 0.1) is 0 Å². The van der Waals surface area contributed by atoms with E-state index in [-0.39, 0.29) is 12.1 Å². The highest BCUT2D eigenvalue weighted by molar-refractivity contribution is 6.02. The lowest BCUT2D eigenvalue weighted by Gasteiger charge is -2.36. The predicted octanol–water partition coefficient (Wildman–Crippen LogP) is 3.35. The van der Waals surface area contributed by atoms with Crippen molar-refractivity contribution in [1.29, 1.82) is 0 Å². The Balaban J connectivity index is 1.67. The smallest absolute Gasteiger partial charge is 0.258 e. The van der Waals surface area contributed by atoms with Gasteiger partial charge in [0.15, 0.2) is 0 Å². The topological polar surface area (TPSA) is 45.5 Å². The van der Waals surface area contributed by atoms with Gasteiger partial charge in [0, 0.05) is 11.7 Å². The van der Waals surface area contributed by atoms with E-state index in [2.05, 4.69) is 5.32 Å². The minimum Gasteiger partial charge on any atom is -0.465 e. The fourth-order valence-electron chi connectivity index (χ4n) is 2.75. The quantitative estimate of drug-likeness (QED) is 0.937. The molecule has 2 aliphatic rings. The maximum atomic E-state index is 12.7. The van der Waals surface area contributed by atoms with Crippen LogP contribution in [-0.2, 0) is 0 Å². The van der Waals surface area contributed by atoms with Gasteiger partial charge in [0.2, 0.25) is 0 Å². The molecular formula is C17H16N2O2. The molecule has 4 heteroatoms. The van der Waals surface area contributed by atoms with E-state index in [0.29, 0.717) is 6.04 Å². The monoisotopic (exact) mass is 280 g/mol. The first-order chi connectivity index (χ1) is 10.3. The molecule has 0 unspecified atom stereocenters. The minimum atomic E-state index is -0.120. The lowest BCUT2D eigenvalue weighted by Crippen LogP contribution is -2.48. The van der Waals surface area contributed by atoms with E-state index in [1.54, 1.807) is 6.26 Å². The number of hydrogen-bond donors (Lipinski definition) is 1. The number of nitrogens with one attached hydrogen (secondary N) is 1. The van der Waals surface area contributed by atoms with E-state index in [1.807, 2.05) is 53.5 Å². The van der Waals surface area contributed by atoms with Gasteiger partial charge in [-0.05, 0) is 49.3 Å². The van der Waals surface area contributed by atoms with Gasteiger partial charge in [0.25, 0.3) is 5.91 Å². The van der Waals surface area contributed by atoms with Crippen molar-refractivity contribution >= 4 is 17.7 Å². The van der Waals surface area contributed by atoms with E-state index in [0.717, 1.165) is 29.9 Å². The first-order valence-electron chi connectivity index (χ1n) is 7.23. The maximum Gasteiger partial charge on any atom is 0.258 e. The van der Waals surface area contributed by atoms with Crippen LogP contribution in [0.1, 0.15) is 29.0 Å². The molecule has 1 aliphatic carbocycles. The van der Waals surface area contributed by atoms with Gasteiger partial charge in [0.1, 0.15) is 11.9 Å². The summed E-state index contributed by atoms with van der Waals surface area (Å²) in [6, 6.07) is 11.8. The van der Waals surface area contributed by atoms with Crippen molar-refractivity contribution in [3.05, 3.63) is 60.1 Å². The van der Waals surface area contributed by atoms with Crippen molar-refractivity contribution in [2.24, 2.45) is 0 Å². The number of rotatable bonds is 3. The van der Waals surface area contributed by atoms with Crippen LogP contribution in [0.15, 0.2) is 53.2 Å². The summed E-state index contributed by atoms with van der Waals surface area (Å²) in [5, 5.41) is 3.44. The van der Waals surface area contributed by atoms with E-state index in [1.165, 1.54) is 0 Å². The number of amides is 1. The van der Waals surface area contributed by atoms with E-state index >= 15 is 0 Å². The lowest BCUT2D eigenvalue weighted by molar-refractivity contribution is 0.0703. The third-order valence-corrected chi connectivity index (χ3v) is 3.92. The van der Waals surface area contributed by atoms with E-state index in [4.69, 9.17) is 4.42 Å². The van der Waals surface area contributed by atoms with Crippen LogP contribution in [0.5, 0.6) is 0 Å². The minimum absolute atomic E-state index is 0.112. The largest absolute Gasteiger partial charge is 0.465 e. The molecule has 1 amide bonds. The van der Waals surface area contributed by atoms with Crippen LogP contribution in [-0.4, -0.2) is 23.0 Å². The van der Waals surface area contributed by atoms with Crippen LogP contribution >= 0.6 is 0 Å². The highest BCUT2D eigenvalue weighted by Crippen LogP contribution is 2.35. The van der Waals surface area contributed by atoms with Crippen LogP contribution < -0.4 is 5.32 Å². The Morgan fingerprint density at radius 3 is 2.81 bits per heavy atom. The molecule has 0 bridgehead atoms. The summed E-state index contributed by atoms with van der Waals surface area (Å²) in [5.41, 5.74) is 1.65. The predicted molar refractivity (Wildman–Crippen MR) is 80.8 cm³/mol. The highest BCUT2D eigenvalue weighted by atomic mass is 16.3. The normalized spacial score (nSPS) is 21.4. The SMILES string of the molecule is O=C1c2ccccc2N[C@@H](/C=C/c2ccco2)N1C1CC1. The summed E-state index contributed by atoms with van der Waals surface area (Å²) >= 11 is 0. The molecule has 2 aromatic rings. The molecule has 1 aliphatic heterocycles. The van der Waals surface area contributed by atoms with Gasteiger partial charge in [-0.25, -0.2) is 0 Å². The van der Waals surface area contributed by atoms with Crippen molar-refractivity contribution < 1.29 is 9.21 Å². The lowest BCUT2D eigenvalue weighted by atomic mass is 10.1. The average Bonchev–Trinajstić information content (AvgIpc) is 3.20. The molecule has 1 aromatic heterocycles. The van der Waals surface area contributed by atoms with E-state index in [9.17, 15) is 4.79 Å². The Kier molecular flexibility index (Phi) is 2.81. The van der Waals surface area contributed by atoms with Gasteiger partial charge >= 0.3 is 0 Å². The van der Waals surface area contributed by atoms with Crippen LogP contribution in [0.25, 0.3) is 6.08 Å². The van der Waals surface area contributed by atoms with Crippen molar-refractivity contribution in [1.82, 2.24) is 4.90 Å². The standard InChI is InChI=1S/C17H16N2O2/c20-17-14-5-1-2-6-15(14)18-16(19(17)12-7-8-12)10-9-13-4-3-11-21-13/h1-6,9-12,16,18H,7-8H2/b10-9+/t16-/m1/s1. The van der Waals surface area contributed by atoms with Gasteiger partial charge in [-0.2, -0.15) is 0 Å². The van der Waals surface area contributed by atoms with Crippen molar-refractivity contribution in [3.63, 3.8) is 0 Å². The molecule has 0 saturated heterocycles. The zero-order valence-corrected chi connectivity index (χ0v) is 11.5. The maximum absolute atomic E-state index is 12.7. The summed E-state index contributed by atoms with van der Waals surface area (Å²) in [5.74, 6) is 0.903. The molecule has 106 valence electrons. The zero-order valence-electron chi connectivity index (χ0n) is 11.5. The molecule has 4 rings (SSSR count). The number of nitrogens with zero attached hydrogens (tertiary/aromatic N) is 1. The second-order valence-corrected chi connectivity index (χ2v) is 5.45. The number of hydrogen-bond acceptors (Lipinski definition) is 3. The zero-order chi connectivity index (χ0) is 14.2. The van der Waals surface area contributed by atoms with Crippen molar-refractivity contribution in [2.45, 2.75) is 25.0 Å². The third kappa shape index (κ3) is 2.23. The van der Waals surface area contributed by atoms with E-state index < -0.39 is 0 Å². The molecule has 0 spiro atoms. The number of furan rings is 1. The van der Waals surface area contributed by atoms with Gasteiger partial charge in [-0.3, -0.25) is 4.79 Å². The molecule has 1 N–H and O–H groups in total. The van der Waals surface area contributed by atoms with Crippen LogP contribution in [0.4, 0.5) is 5.69 Å². The van der Waals surface area contributed by atoms with Crippen LogP contribution in [0.2, 0.25) is 0 Å².